The van der Waals surface area contributed by atoms with E-state index >= 15 is 0 Å². The number of aliphatic hydroxyl groups excluding tert-OH is 1. The van der Waals surface area contributed by atoms with Crippen LogP contribution in [0, 0.1) is 11.8 Å². The smallest absolute Gasteiger partial charge is 0.0701 e. The summed E-state index contributed by atoms with van der Waals surface area (Å²) in [5.74, 6) is 1.41. The standard InChI is InChI=1S/C9H14O2/c10-3-4-11-9-6-7-1-2-8(9)5-7/h1-2,7-10H,3-6H2/t7-,8-,9+/m1/s1. The van der Waals surface area contributed by atoms with Crippen LogP contribution in [0.1, 0.15) is 12.8 Å². The van der Waals surface area contributed by atoms with E-state index in [-0.39, 0.29) is 6.61 Å². The number of rotatable bonds is 3. The van der Waals surface area contributed by atoms with Gasteiger partial charge in [-0.15, -0.1) is 0 Å². The molecule has 2 heteroatoms. The van der Waals surface area contributed by atoms with Crippen LogP contribution in [0.4, 0.5) is 0 Å². The minimum Gasteiger partial charge on any atom is -0.394 e. The predicted molar refractivity (Wildman–Crippen MR) is 42.2 cm³/mol. The van der Waals surface area contributed by atoms with Gasteiger partial charge in [-0.05, 0) is 18.8 Å². The maximum absolute atomic E-state index is 8.55. The fourth-order valence-electron chi connectivity index (χ4n) is 2.13. The van der Waals surface area contributed by atoms with Gasteiger partial charge in [0.25, 0.3) is 0 Å². The molecule has 0 unspecified atom stereocenters. The Kier molecular flexibility index (Phi) is 1.96. The van der Waals surface area contributed by atoms with Crippen molar-refractivity contribution in [2.75, 3.05) is 13.2 Å². The quantitative estimate of drug-likeness (QED) is 0.613. The van der Waals surface area contributed by atoms with Gasteiger partial charge >= 0.3 is 0 Å². The Morgan fingerprint density at radius 1 is 1.36 bits per heavy atom. The zero-order valence-electron chi connectivity index (χ0n) is 6.57. The molecule has 2 aliphatic carbocycles. The number of allylic oxidation sites excluding steroid dienone is 1. The van der Waals surface area contributed by atoms with Crippen molar-refractivity contribution in [3.05, 3.63) is 12.2 Å². The average Bonchev–Trinajstić information content (AvgIpc) is 2.60. The van der Waals surface area contributed by atoms with E-state index in [9.17, 15) is 0 Å². The van der Waals surface area contributed by atoms with Gasteiger partial charge in [-0.1, -0.05) is 12.2 Å². The Balaban J connectivity index is 1.84. The molecule has 1 saturated carbocycles. The minimum absolute atomic E-state index is 0.150. The van der Waals surface area contributed by atoms with Crippen LogP contribution in [0.2, 0.25) is 0 Å². The molecule has 0 aromatic rings. The first-order chi connectivity index (χ1) is 5.40. The highest BCUT2D eigenvalue weighted by Crippen LogP contribution is 2.40. The summed E-state index contributed by atoms with van der Waals surface area (Å²) in [6.07, 6.45) is 7.40. The van der Waals surface area contributed by atoms with Crippen molar-refractivity contribution < 1.29 is 9.84 Å². The molecule has 0 heterocycles. The topological polar surface area (TPSA) is 29.5 Å². The summed E-state index contributed by atoms with van der Waals surface area (Å²) in [7, 11) is 0. The zero-order chi connectivity index (χ0) is 7.68. The molecule has 0 amide bonds. The molecule has 0 aromatic heterocycles. The van der Waals surface area contributed by atoms with Gasteiger partial charge in [-0.2, -0.15) is 0 Å². The summed E-state index contributed by atoms with van der Waals surface area (Å²) in [5, 5.41) is 8.55. The highest BCUT2D eigenvalue weighted by Gasteiger charge is 2.35. The molecule has 2 bridgehead atoms. The first kappa shape index (κ1) is 7.32. The van der Waals surface area contributed by atoms with Gasteiger partial charge in [0.15, 0.2) is 0 Å². The minimum atomic E-state index is 0.150. The van der Waals surface area contributed by atoms with E-state index < -0.39 is 0 Å². The van der Waals surface area contributed by atoms with Crippen LogP contribution >= 0.6 is 0 Å². The second-order valence-electron chi connectivity index (χ2n) is 3.41. The lowest BCUT2D eigenvalue weighted by Crippen LogP contribution is -2.19. The third-order valence-electron chi connectivity index (χ3n) is 2.64. The molecule has 2 aliphatic rings. The highest BCUT2D eigenvalue weighted by molar-refractivity contribution is 5.10. The SMILES string of the molecule is OCCO[C@H]1C[C@@H]2C=C[C@@H]1C2. The van der Waals surface area contributed by atoms with Crippen LogP contribution in [0.3, 0.4) is 0 Å². The monoisotopic (exact) mass is 154 g/mol. The van der Waals surface area contributed by atoms with Gasteiger partial charge in [-0.25, -0.2) is 0 Å². The number of fused-ring (bicyclic) bond motifs is 2. The van der Waals surface area contributed by atoms with Gasteiger partial charge in [0, 0.05) is 5.92 Å². The van der Waals surface area contributed by atoms with Crippen molar-refractivity contribution in [1.82, 2.24) is 0 Å². The van der Waals surface area contributed by atoms with Gasteiger partial charge in [0.2, 0.25) is 0 Å². The van der Waals surface area contributed by atoms with Crippen LogP contribution in [-0.2, 0) is 4.74 Å². The first-order valence-electron chi connectivity index (χ1n) is 4.31. The van der Waals surface area contributed by atoms with E-state index in [4.69, 9.17) is 9.84 Å². The van der Waals surface area contributed by atoms with Crippen molar-refractivity contribution in [2.24, 2.45) is 11.8 Å². The largest absolute Gasteiger partial charge is 0.394 e. The molecule has 0 aliphatic heterocycles. The molecule has 2 rings (SSSR count). The van der Waals surface area contributed by atoms with Crippen molar-refractivity contribution in [2.45, 2.75) is 18.9 Å². The molecule has 0 aromatic carbocycles. The maximum Gasteiger partial charge on any atom is 0.0701 e. The predicted octanol–water partition coefficient (Wildman–Crippen LogP) is 0.960. The Labute approximate surface area is 66.9 Å². The summed E-state index contributed by atoms with van der Waals surface area (Å²) in [5.41, 5.74) is 0. The molecule has 0 radical (unpaired) electrons. The van der Waals surface area contributed by atoms with Gasteiger partial charge in [0.05, 0.1) is 19.3 Å². The molecule has 62 valence electrons. The second kappa shape index (κ2) is 2.95. The average molecular weight is 154 g/mol. The summed E-state index contributed by atoms with van der Waals surface area (Å²) in [6, 6.07) is 0. The Morgan fingerprint density at radius 3 is 2.82 bits per heavy atom. The zero-order valence-corrected chi connectivity index (χ0v) is 6.57. The fourth-order valence-corrected chi connectivity index (χ4v) is 2.13. The third-order valence-corrected chi connectivity index (χ3v) is 2.64. The van der Waals surface area contributed by atoms with Crippen molar-refractivity contribution in [1.29, 1.82) is 0 Å². The van der Waals surface area contributed by atoms with Crippen LogP contribution < -0.4 is 0 Å². The Bertz CT molecular complexity index is 165. The third kappa shape index (κ3) is 1.33. The molecule has 0 spiro atoms. The summed E-state index contributed by atoms with van der Waals surface area (Å²) in [6.45, 7) is 0.652. The second-order valence-corrected chi connectivity index (χ2v) is 3.41. The van der Waals surface area contributed by atoms with Crippen LogP contribution in [-0.4, -0.2) is 24.4 Å². The van der Waals surface area contributed by atoms with Gasteiger partial charge < -0.3 is 9.84 Å². The Morgan fingerprint density at radius 2 is 2.27 bits per heavy atom. The maximum atomic E-state index is 8.55. The van der Waals surface area contributed by atoms with E-state index in [1.54, 1.807) is 0 Å². The summed E-state index contributed by atoms with van der Waals surface area (Å²) < 4.78 is 5.48. The lowest BCUT2D eigenvalue weighted by Gasteiger charge is -2.17. The fraction of sp³-hybridized carbons (Fsp3) is 0.778. The molecular weight excluding hydrogens is 140 g/mol. The molecule has 11 heavy (non-hydrogen) atoms. The van der Waals surface area contributed by atoms with Crippen LogP contribution in [0.15, 0.2) is 12.2 Å². The molecule has 1 fully saturated rings. The number of hydrogen-bond donors (Lipinski definition) is 1. The van der Waals surface area contributed by atoms with E-state index in [1.807, 2.05) is 0 Å². The molecule has 1 N–H and O–H groups in total. The van der Waals surface area contributed by atoms with Gasteiger partial charge in [-0.3, -0.25) is 0 Å². The normalized spacial score (nSPS) is 40.3. The van der Waals surface area contributed by atoms with E-state index in [0.29, 0.717) is 18.6 Å². The van der Waals surface area contributed by atoms with Crippen molar-refractivity contribution >= 4 is 0 Å². The summed E-state index contributed by atoms with van der Waals surface area (Å²) >= 11 is 0. The van der Waals surface area contributed by atoms with Gasteiger partial charge in [0.1, 0.15) is 0 Å². The lowest BCUT2D eigenvalue weighted by molar-refractivity contribution is 0.0152. The van der Waals surface area contributed by atoms with Crippen LogP contribution in [0.25, 0.3) is 0 Å². The number of ether oxygens (including phenoxy) is 1. The highest BCUT2D eigenvalue weighted by atomic mass is 16.5. The lowest BCUT2D eigenvalue weighted by atomic mass is 10.1. The number of hydrogen-bond acceptors (Lipinski definition) is 2. The van der Waals surface area contributed by atoms with Crippen molar-refractivity contribution in [3.8, 4) is 0 Å². The Hall–Kier alpha value is -0.340. The van der Waals surface area contributed by atoms with E-state index in [0.717, 1.165) is 5.92 Å². The van der Waals surface area contributed by atoms with E-state index in [2.05, 4.69) is 12.2 Å². The molecule has 2 nitrogen and oxygen atoms in total. The van der Waals surface area contributed by atoms with E-state index in [1.165, 1.54) is 12.8 Å². The molecule has 0 saturated heterocycles. The first-order valence-corrected chi connectivity index (χ1v) is 4.31. The molecule has 3 atom stereocenters. The van der Waals surface area contributed by atoms with Crippen LogP contribution in [0.5, 0.6) is 0 Å². The summed E-state index contributed by atoms with van der Waals surface area (Å²) in [4.78, 5) is 0. The number of aliphatic hydroxyl groups is 1. The van der Waals surface area contributed by atoms with Crippen molar-refractivity contribution in [3.63, 3.8) is 0 Å². The molecular formula is C9H14O2.